The molecule has 0 bridgehead atoms. The molecule has 6 heteroatoms. The van der Waals surface area contributed by atoms with Gasteiger partial charge < -0.3 is 0 Å². The van der Waals surface area contributed by atoms with Crippen LogP contribution in [0, 0.1) is 0 Å². The number of hydrazine groups is 1. The molecule has 0 aliphatic carbocycles. The Bertz CT molecular complexity index is 999. The molecule has 2 unspecified atom stereocenters. The van der Waals surface area contributed by atoms with Crippen LogP contribution < -0.4 is 16.3 Å². The molecule has 1 aliphatic heterocycles. The summed E-state index contributed by atoms with van der Waals surface area (Å²) in [5.74, 6) is -0.156. The van der Waals surface area contributed by atoms with E-state index >= 15 is 0 Å². The Kier molecular flexibility index (Phi) is 5.29. The van der Waals surface area contributed by atoms with E-state index in [9.17, 15) is 4.79 Å². The summed E-state index contributed by atoms with van der Waals surface area (Å²) < 4.78 is 0.970. The van der Waals surface area contributed by atoms with Gasteiger partial charge in [0.2, 0.25) is 0 Å². The smallest absolute Gasteiger partial charge is 0.258 e. The number of hydrogen-bond acceptors (Lipinski definition) is 4. The number of hydrogen-bond donors (Lipinski definition) is 3. The summed E-state index contributed by atoms with van der Waals surface area (Å²) in [6, 6.07) is 22.0. The minimum atomic E-state index is -0.339. The number of hydrazone groups is 1. The monoisotopic (exact) mass is 422 g/mol. The van der Waals surface area contributed by atoms with Gasteiger partial charge in [0.05, 0.1) is 6.21 Å². The Labute approximate surface area is 166 Å². The van der Waals surface area contributed by atoms with Gasteiger partial charge in [0.1, 0.15) is 6.04 Å². The summed E-state index contributed by atoms with van der Waals surface area (Å²) in [6.45, 7) is 0. The van der Waals surface area contributed by atoms with Gasteiger partial charge in [0, 0.05) is 10.5 Å². The van der Waals surface area contributed by atoms with Crippen LogP contribution in [0.5, 0.6) is 0 Å². The average Bonchev–Trinajstić information content (AvgIpc) is 3.18. The van der Waals surface area contributed by atoms with Gasteiger partial charge in [-0.2, -0.15) is 5.10 Å². The summed E-state index contributed by atoms with van der Waals surface area (Å²) in [5.41, 5.74) is 11.0. The van der Waals surface area contributed by atoms with E-state index in [2.05, 4.69) is 67.6 Å². The largest absolute Gasteiger partial charge is 0.271 e. The Morgan fingerprint density at radius 1 is 1.07 bits per heavy atom. The molecular formula is C21H19BrN4O. The predicted molar refractivity (Wildman–Crippen MR) is 111 cm³/mol. The lowest BCUT2D eigenvalue weighted by Crippen LogP contribution is -2.41. The van der Waals surface area contributed by atoms with Gasteiger partial charge in [-0.1, -0.05) is 70.5 Å². The maximum atomic E-state index is 12.4. The Hall–Kier alpha value is -2.54. The molecule has 0 radical (unpaired) electrons. The number of nitrogens with zero attached hydrogens (tertiary/aromatic N) is 1. The van der Waals surface area contributed by atoms with E-state index in [1.807, 2.05) is 36.4 Å². The fourth-order valence-corrected chi connectivity index (χ4v) is 3.74. The number of nitrogens with one attached hydrogen (secondary N) is 3. The van der Waals surface area contributed by atoms with Crippen LogP contribution in [0.4, 0.5) is 0 Å². The van der Waals surface area contributed by atoms with E-state index in [1.54, 1.807) is 6.21 Å². The summed E-state index contributed by atoms with van der Waals surface area (Å²) >= 11 is 3.42. The molecule has 2 atom stereocenters. The van der Waals surface area contributed by atoms with Crippen molar-refractivity contribution in [3.8, 4) is 0 Å². The lowest BCUT2D eigenvalue weighted by Gasteiger charge is -2.13. The molecule has 3 aromatic rings. The number of carbonyl (C=O) groups is 1. The van der Waals surface area contributed by atoms with Crippen molar-refractivity contribution in [3.05, 3.63) is 82.3 Å². The third-order valence-corrected chi connectivity index (χ3v) is 5.15. The third-order valence-electron chi connectivity index (χ3n) is 4.66. The van der Waals surface area contributed by atoms with Crippen molar-refractivity contribution < 1.29 is 4.79 Å². The van der Waals surface area contributed by atoms with Crippen LogP contribution >= 0.6 is 15.9 Å². The standard InChI is InChI=1S/C21H19BrN4O/c22-16-8-3-5-14(11-16)13-23-26-21(27)20-12-19(24-25-20)18-10-4-7-15-6-1-2-9-17(15)18/h1-11,13,19-20,24-25H,12H2,(H,26,27)/b23-13-. The minimum Gasteiger partial charge on any atom is -0.271 e. The molecule has 0 saturated carbocycles. The predicted octanol–water partition coefficient (Wildman–Crippen LogP) is 3.66. The number of carbonyl (C=O) groups excluding carboxylic acids is 1. The molecule has 4 rings (SSSR count). The van der Waals surface area contributed by atoms with Crippen LogP contribution in [0.15, 0.2) is 76.3 Å². The molecule has 0 aromatic heterocycles. The van der Waals surface area contributed by atoms with E-state index in [1.165, 1.54) is 16.3 Å². The van der Waals surface area contributed by atoms with Crippen molar-refractivity contribution in [1.82, 2.24) is 16.3 Å². The van der Waals surface area contributed by atoms with E-state index in [0.29, 0.717) is 6.42 Å². The molecule has 1 heterocycles. The van der Waals surface area contributed by atoms with Gasteiger partial charge in [-0.3, -0.25) is 4.79 Å². The van der Waals surface area contributed by atoms with E-state index in [0.717, 1.165) is 10.0 Å². The van der Waals surface area contributed by atoms with Crippen LogP contribution in [-0.4, -0.2) is 18.2 Å². The second-order valence-corrected chi connectivity index (χ2v) is 7.40. The fourth-order valence-electron chi connectivity index (χ4n) is 3.32. The third kappa shape index (κ3) is 4.08. The zero-order valence-electron chi connectivity index (χ0n) is 14.5. The average molecular weight is 423 g/mol. The zero-order chi connectivity index (χ0) is 18.6. The molecule has 1 fully saturated rings. The van der Waals surface area contributed by atoms with Gasteiger partial charge in [0.15, 0.2) is 0 Å². The molecule has 1 aliphatic rings. The van der Waals surface area contributed by atoms with Gasteiger partial charge in [0.25, 0.3) is 5.91 Å². The van der Waals surface area contributed by atoms with Gasteiger partial charge >= 0.3 is 0 Å². The first-order chi connectivity index (χ1) is 13.2. The number of amides is 1. The zero-order valence-corrected chi connectivity index (χ0v) is 16.1. The first-order valence-electron chi connectivity index (χ1n) is 8.78. The SMILES string of the molecule is O=C(N/N=C\c1cccc(Br)c1)C1CC(c2cccc3ccccc23)NN1. The Morgan fingerprint density at radius 3 is 2.78 bits per heavy atom. The highest BCUT2D eigenvalue weighted by atomic mass is 79.9. The second-order valence-electron chi connectivity index (χ2n) is 6.49. The highest BCUT2D eigenvalue weighted by molar-refractivity contribution is 9.10. The highest BCUT2D eigenvalue weighted by Gasteiger charge is 2.30. The van der Waals surface area contributed by atoms with E-state index < -0.39 is 0 Å². The first-order valence-corrected chi connectivity index (χ1v) is 9.57. The normalized spacial score (nSPS) is 19.6. The van der Waals surface area contributed by atoms with Gasteiger partial charge in [-0.25, -0.2) is 16.3 Å². The van der Waals surface area contributed by atoms with Crippen LogP contribution in [0.3, 0.4) is 0 Å². The van der Waals surface area contributed by atoms with Crippen molar-refractivity contribution in [2.75, 3.05) is 0 Å². The van der Waals surface area contributed by atoms with Crippen LogP contribution in [-0.2, 0) is 4.79 Å². The van der Waals surface area contributed by atoms with Crippen LogP contribution in [0.25, 0.3) is 10.8 Å². The molecule has 0 spiro atoms. The second kappa shape index (κ2) is 8.00. The summed E-state index contributed by atoms with van der Waals surface area (Å²) in [6.07, 6.45) is 2.29. The van der Waals surface area contributed by atoms with Crippen LogP contribution in [0.1, 0.15) is 23.6 Å². The van der Waals surface area contributed by atoms with E-state index in [4.69, 9.17) is 0 Å². The summed E-state index contributed by atoms with van der Waals surface area (Å²) in [5, 5.41) is 6.46. The Morgan fingerprint density at radius 2 is 1.89 bits per heavy atom. The molecule has 27 heavy (non-hydrogen) atoms. The summed E-state index contributed by atoms with van der Waals surface area (Å²) in [7, 11) is 0. The highest BCUT2D eigenvalue weighted by Crippen LogP contribution is 2.29. The number of benzene rings is 3. The van der Waals surface area contributed by atoms with Crippen molar-refractivity contribution >= 4 is 38.8 Å². The van der Waals surface area contributed by atoms with E-state index in [-0.39, 0.29) is 18.0 Å². The lowest BCUT2D eigenvalue weighted by atomic mass is 9.96. The van der Waals surface area contributed by atoms with Crippen molar-refractivity contribution in [3.63, 3.8) is 0 Å². The summed E-state index contributed by atoms with van der Waals surface area (Å²) in [4.78, 5) is 12.4. The number of halogens is 1. The number of rotatable bonds is 4. The number of fused-ring (bicyclic) bond motifs is 1. The molecular weight excluding hydrogens is 404 g/mol. The van der Waals surface area contributed by atoms with Gasteiger partial charge in [-0.15, -0.1) is 0 Å². The topological polar surface area (TPSA) is 65.5 Å². The molecule has 3 N–H and O–H groups in total. The minimum absolute atomic E-state index is 0.0703. The molecule has 3 aromatic carbocycles. The quantitative estimate of drug-likeness (QED) is 0.443. The fraction of sp³-hybridized carbons (Fsp3) is 0.143. The molecule has 1 saturated heterocycles. The van der Waals surface area contributed by atoms with Crippen molar-refractivity contribution in [1.29, 1.82) is 0 Å². The first kappa shape index (κ1) is 17.9. The van der Waals surface area contributed by atoms with Crippen molar-refractivity contribution in [2.24, 2.45) is 5.10 Å². The maximum absolute atomic E-state index is 12.4. The Balaban J connectivity index is 1.41. The molecule has 5 nitrogen and oxygen atoms in total. The maximum Gasteiger partial charge on any atom is 0.258 e. The molecule has 1 amide bonds. The van der Waals surface area contributed by atoms with Gasteiger partial charge in [-0.05, 0) is 40.5 Å². The lowest BCUT2D eigenvalue weighted by molar-refractivity contribution is -0.122. The van der Waals surface area contributed by atoms with Crippen LogP contribution in [0.2, 0.25) is 0 Å². The van der Waals surface area contributed by atoms with Crippen molar-refractivity contribution in [2.45, 2.75) is 18.5 Å². The molecule has 136 valence electrons.